The Morgan fingerprint density at radius 2 is 1.71 bits per heavy atom. The SMILES string of the molecule is COc1ccc(C2CN(S(=O)(=O)c3ccc(C)cc3)C(=C(C#N)C#N)S2)cc1. The minimum absolute atomic E-state index is 0.127. The van der Waals surface area contributed by atoms with Crippen LogP contribution in [0.1, 0.15) is 16.4 Å². The first kappa shape index (κ1) is 19.8. The summed E-state index contributed by atoms with van der Waals surface area (Å²) >= 11 is 1.21. The topological polar surface area (TPSA) is 94.2 Å². The van der Waals surface area contributed by atoms with Crippen molar-refractivity contribution >= 4 is 21.8 Å². The zero-order valence-electron chi connectivity index (χ0n) is 15.3. The maximum Gasteiger partial charge on any atom is 0.264 e. The van der Waals surface area contributed by atoms with Crippen LogP contribution in [0.4, 0.5) is 0 Å². The summed E-state index contributed by atoms with van der Waals surface area (Å²) in [4.78, 5) is 0.127. The highest BCUT2D eigenvalue weighted by Gasteiger charge is 2.39. The fourth-order valence-electron chi connectivity index (χ4n) is 2.81. The standard InChI is InChI=1S/C20H17N3O3S2/c1-14-3-9-18(10-4-14)28(24,25)23-13-19(27-20(23)16(11-21)12-22)15-5-7-17(26-2)8-6-15/h3-10,19H,13H2,1-2H3. The highest BCUT2D eigenvalue weighted by Crippen LogP contribution is 2.47. The van der Waals surface area contributed by atoms with Gasteiger partial charge in [-0.05, 0) is 36.8 Å². The van der Waals surface area contributed by atoms with Gasteiger partial charge in [-0.15, -0.1) is 0 Å². The molecule has 0 amide bonds. The summed E-state index contributed by atoms with van der Waals surface area (Å²) in [6, 6.07) is 17.4. The van der Waals surface area contributed by atoms with Crippen molar-refractivity contribution in [3.8, 4) is 17.9 Å². The molecule has 1 aliphatic heterocycles. The molecule has 0 aliphatic carbocycles. The molecule has 1 fully saturated rings. The van der Waals surface area contributed by atoms with E-state index in [0.29, 0.717) is 5.75 Å². The van der Waals surface area contributed by atoms with Crippen molar-refractivity contribution in [2.24, 2.45) is 0 Å². The Morgan fingerprint density at radius 3 is 2.25 bits per heavy atom. The summed E-state index contributed by atoms with van der Waals surface area (Å²) < 4.78 is 32.7. The number of thioether (sulfide) groups is 1. The number of nitrogens with zero attached hydrogens (tertiary/aromatic N) is 3. The Bertz CT molecular complexity index is 1080. The van der Waals surface area contributed by atoms with Gasteiger partial charge in [0.15, 0.2) is 5.57 Å². The van der Waals surface area contributed by atoms with E-state index < -0.39 is 10.0 Å². The van der Waals surface area contributed by atoms with Gasteiger partial charge in [0.05, 0.1) is 23.8 Å². The lowest BCUT2D eigenvalue weighted by molar-refractivity contribution is 0.414. The summed E-state index contributed by atoms with van der Waals surface area (Å²) in [5.74, 6) is 0.696. The molecule has 2 aromatic rings. The first-order valence-corrected chi connectivity index (χ1v) is 10.7. The first-order chi connectivity index (χ1) is 13.4. The molecule has 0 N–H and O–H groups in total. The fraction of sp³-hybridized carbons (Fsp3) is 0.200. The molecule has 1 unspecified atom stereocenters. The molecule has 0 spiro atoms. The molecule has 0 bridgehead atoms. The third-order valence-corrected chi connectivity index (χ3v) is 7.59. The second kappa shape index (κ2) is 7.97. The zero-order valence-corrected chi connectivity index (χ0v) is 16.9. The number of hydrogen-bond acceptors (Lipinski definition) is 6. The van der Waals surface area contributed by atoms with E-state index in [4.69, 9.17) is 4.74 Å². The van der Waals surface area contributed by atoms with Crippen LogP contribution in [0.2, 0.25) is 0 Å². The van der Waals surface area contributed by atoms with E-state index >= 15 is 0 Å². The van der Waals surface area contributed by atoms with E-state index in [0.717, 1.165) is 11.1 Å². The van der Waals surface area contributed by atoms with Gasteiger partial charge in [0.2, 0.25) is 0 Å². The molecule has 0 radical (unpaired) electrons. The van der Waals surface area contributed by atoms with Crippen LogP contribution in [0.3, 0.4) is 0 Å². The van der Waals surface area contributed by atoms with E-state index in [1.165, 1.54) is 28.2 Å². The van der Waals surface area contributed by atoms with Crippen molar-refractivity contribution < 1.29 is 13.2 Å². The van der Waals surface area contributed by atoms with Crippen LogP contribution in [-0.2, 0) is 10.0 Å². The van der Waals surface area contributed by atoms with Crippen molar-refractivity contribution in [1.82, 2.24) is 4.31 Å². The van der Waals surface area contributed by atoms with Crippen LogP contribution >= 0.6 is 11.8 Å². The minimum Gasteiger partial charge on any atom is -0.497 e. The summed E-state index contributed by atoms with van der Waals surface area (Å²) in [6.45, 7) is 2.01. The van der Waals surface area contributed by atoms with Crippen LogP contribution in [0.15, 0.2) is 64.0 Å². The number of nitriles is 2. The van der Waals surface area contributed by atoms with Gasteiger partial charge >= 0.3 is 0 Å². The first-order valence-electron chi connectivity index (χ1n) is 8.35. The number of aryl methyl sites for hydroxylation is 1. The highest BCUT2D eigenvalue weighted by molar-refractivity contribution is 8.04. The predicted molar refractivity (Wildman–Crippen MR) is 107 cm³/mol. The lowest BCUT2D eigenvalue weighted by atomic mass is 10.1. The maximum absolute atomic E-state index is 13.2. The van der Waals surface area contributed by atoms with Gasteiger partial charge in [-0.1, -0.05) is 41.6 Å². The van der Waals surface area contributed by atoms with Gasteiger partial charge < -0.3 is 4.74 Å². The van der Waals surface area contributed by atoms with Crippen molar-refractivity contribution in [3.63, 3.8) is 0 Å². The summed E-state index contributed by atoms with van der Waals surface area (Å²) in [6.07, 6.45) is 0. The molecule has 1 saturated heterocycles. The van der Waals surface area contributed by atoms with Crippen LogP contribution in [0, 0.1) is 29.6 Å². The highest BCUT2D eigenvalue weighted by atomic mass is 32.2. The maximum atomic E-state index is 13.2. The number of ether oxygens (including phenoxy) is 1. The number of sulfonamides is 1. The summed E-state index contributed by atoms with van der Waals surface area (Å²) in [5, 5.41) is 18.6. The van der Waals surface area contributed by atoms with Gasteiger partial charge in [-0.2, -0.15) is 10.5 Å². The Morgan fingerprint density at radius 1 is 1.11 bits per heavy atom. The quantitative estimate of drug-likeness (QED) is 0.712. The van der Waals surface area contributed by atoms with Crippen LogP contribution in [-0.4, -0.2) is 26.4 Å². The average molecular weight is 412 g/mol. The van der Waals surface area contributed by atoms with E-state index in [2.05, 4.69) is 0 Å². The molecule has 0 aromatic heterocycles. The second-order valence-electron chi connectivity index (χ2n) is 6.13. The summed E-state index contributed by atoms with van der Waals surface area (Å²) in [7, 11) is -2.32. The van der Waals surface area contributed by atoms with Crippen molar-refractivity contribution in [2.75, 3.05) is 13.7 Å². The molecule has 0 saturated carbocycles. The van der Waals surface area contributed by atoms with Crippen LogP contribution < -0.4 is 4.74 Å². The number of rotatable bonds is 4. The van der Waals surface area contributed by atoms with Crippen molar-refractivity contribution in [3.05, 3.63) is 70.3 Å². The lowest BCUT2D eigenvalue weighted by Gasteiger charge is -2.19. The molecule has 6 nitrogen and oxygen atoms in total. The molecule has 3 rings (SSSR count). The minimum atomic E-state index is -3.90. The molecule has 142 valence electrons. The molecule has 1 aliphatic rings. The Hall–Kier alpha value is -2.94. The van der Waals surface area contributed by atoms with Crippen molar-refractivity contribution in [2.45, 2.75) is 17.1 Å². The van der Waals surface area contributed by atoms with Gasteiger partial charge in [-0.25, -0.2) is 8.42 Å². The fourth-order valence-corrected chi connectivity index (χ4v) is 5.90. The summed E-state index contributed by atoms with van der Waals surface area (Å²) in [5.41, 5.74) is 1.62. The zero-order chi connectivity index (χ0) is 20.3. The Balaban J connectivity index is 2.04. The molecular formula is C20H17N3O3S2. The number of hydrogen-bond donors (Lipinski definition) is 0. The number of methoxy groups -OCH3 is 1. The van der Waals surface area contributed by atoms with E-state index in [9.17, 15) is 18.9 Å². The van der Waals surface area contributed by atoms with Gasteiger partial charge in [-0.3, -0.25) is 4.31 Å². The number of benzene rings is 2. The number of allylic oxidation sites excluding steroid dienone is 1. The molecule has 2 aromatic carbocycles. The normalized spacial score (nSPS) is 16.4. The third-order valence-electron chi connectivity index (χ3n) is 4.35. The molecule has 1 heterocycles. The average Bonchev–Trinajstić information content (AvgIpc) is 3.15. The smallest absolute Gasteiger partial charge is 0.264 e. The van der Waals surface area contributed by atoms with E-state index in [1.807, 2.05) is 31.2 Å². The lowest BCUT2D eigenvalue weighted by Crippen LogP contribution is -2.28. The van der Waals surface area contributed by atoms with Crippen molar-refractivity contribution in [1.29, 1.82) is 10.5 Å². The Kier molecular flexibility index (Phi) is 5.64. The van der Waals surface area contributed by atoms with E-state index in [1.54, 1.807) is 31.4 Å². The molecule has 8 heteroatoms. The molecule has 28 heavy (non-hydrogen) atoms. The monoisotopic (exact) mass is 411 g/mol. The van der Waals surface area contributed by atoms with Crippen LogP contribution in [0.5, 0.6) is 5.75 Å². The Labute approximate surface area is 168 Å². The second-order valence-corrected chi connectivity index (χ2v) is 9.19. The predicted octanol–water partition coefficient (Wildman–Crippen LogP) is 3.74. The van der Waals surface area contributed by atoms with Gasteiger partial charge in [0.25, 0.3) is 10.0 Å². The van der Waals surface area contributed by atoms with E-state index in [-0.39, 0.29) is 27.3 Å². The van der Waals surface area contributed by atoms with Crippen LogP contribution in [0.25, 0.3) is 0 Å². The molecule has 1 atom stereocenters. The molecular weight excluding hydrogens is 394 g/mol. The van der Waals surface area contributed by atoms with Gasteiger partial charge in [0, 0.05) is 0 Å². The largest absolute Gasteiger partial charge is 0.497 e. The van der Waals surface area contributed by atoms with Gasteiger partial charge in [0.1, 0.15) is 22.9 Å². The third kappa shape index (κ3) is 3.70.